The molecule has 0 aliphatic carbocycles. The Hall–Kier alpha value is -0.560. The van der Waals surface area contributed by atoms with Crippen LogP contribution in [0.5, 0.6) is 0 Å². The highest BCUT2D eigenvalue weighted by Crippen LogP contribution is 2.07. The average molecular weight is 272 g/mol. The lowest BCUT2D eigenvalue weighted by Gasteiger charge is -1.94. The zero-order chi connectivity index (χ0) is 13.5. The van der Waals surface area contributed by atoms with E-state index in [0.29, 0.717) is 0 Å². The molecule has 0 fully saturated rings. The van der Waals surface area contributed by atoms with E-state index in [2.05, 4.69) is 0 Å². The Labute approximate surface area is 78.1 Å². The second-order valence-corrected chi connectivity index (χ2v) is 2.33. The van der Waals surface area contributed by atoms with Gasteiger partial charge >= 0.3 is 24.9 Å². The van der Waals surface area contributed by atoms with Gasteiger partial charge in [0.05, 0.1) is 0 Å². The lowest BCUT2D eigenvalue weighted by Crippen LogP contribution is -2.02. The van der Waals surface area contributed by atoms with Crippen molar-refractivity contribution in [3.05, 3.63) is 0 Å². The third-order valence-electron chi connectivity index (χ3n) is 0. The molecule has 0 heterocycles. The van der Waals surface area contributed by atoms with Crippen molar-refractivity contribution in [3.63, 3.8) is 0 Å². The van der Waals surface area contributed by atoms with E-state index in [4.69, 9.17) is 17.5 Å². The van der Waals surface area contributed by atoms with Crippen molar-refractivity contribution in [2.24, 2.45) is 0 Å². The Morgan fingerprint density at radius 3 is 0.667 bits per heavy atom. The summed E-state index contributed by atoms with van der Waals surface area (Å²) in [5.41, 5.74) is 0. The highest BCUT2D eigenvalue weighted by molar-refractivity contribution is 7.79. The van der Waals surface area contributed by atoms with Crippen molar-refractivity contribution in [2.75, 3.05) is 0 Å². The molecule has 15 heteroatoms. The van der Waals surface area contributed by atoms with Gasteiger partial charge in [-0.3, -0.25) is 9.11 Å². The fraction of sp³-hybridized carbons (Fsp3) is 0. The van der Waals surface area contributed by atoms with Gasteiger partial charge < -0.3 is 34.5 Å². The number of rotatable bonds is 0. The molecule has 0 aromatic carbocycles. The van der Waals surface area contributed by atoms with E-state index < -0.39 is 24.9 Å². The molecule has 0 bridgehead atoms. The van der Waals surface area contributed by atoms with E-state index in [1.165, 1.54) is 0 Å². The van der Waals surface area contributed by atoms with Crippen molar-refractivity contribution >= 4 is 24.9 Å². The zero-order valence-electron chi connectivity index (χ0n) is 6.30. The van der Waals surface area contributed by atoms with Gasteiger partial charge in [0, 0.05) is 0 Å². The molecular formula is H2B2F8O4S-2. The summed E-state index contributed by atoms with van der Waals surface area (Å²) in [6.07, 6.45) is 0. The molecule has 0 aromatic rings. The van der Waals surface area contributed by atoms with Gasteiger partial charge in [0.2, 0.25) is 0 Å². The maximum Gasteiger partial charge on any atom is 0.673 e. The molecule has 0 rings (SSSR count). The minimum atomic E-state index is -6.00. The monoisotopic (exact) mass is 272 g/mol. The smallest absolute Gasteiger partial charge is 0.418 e. The van der Waals surface area contributed by atoms with Crippen LogP contribution in [0.3, 0.4) is 0 Å². The second kappa shape index (κ2) is 6.84. The Morgan fingerprint density at radius 1 is 0.667 bits per heavy atom. The normalized spacial score (nSPS) is 11.9. The van der Waals surface area contributed by atoms with Crippen LogP contribution in [0.15, 0.2) is 0 Å². The summed E-state index contributed by atoms with van der Waals surface area (Å²) < 4.78 is 110. The minimum absolute atomic E-state index is 4.67. The largest absolute Gasteiger partial charge is 0.673 e. The van der Waals surface area contributed by atoms with E-state index in [0.717, 1.165) is 0 Å². The molecule has 2 N–H and O–H groups in total. The number of hydrogen-bond acceptors (Lipinski definition) is 2. The van der Waals surface area contributed by atoms with Crippen LogP contribution >= 0.6 is 0 Å². The molecule has 0 aromatic heterocycles. The molecule has 0 unspecified atom stereocenters. The minimum Gasteiger partial charge on any atom is -0.418 e. The van der Waals surface area contributed by atoms with E-state index in [1.54, 1.807) is 0 Å². The maximum absolute atomic E-state index is 9.75. The molecule has 0 atom stereocenters. The van der Waals surface area contributed by atoms with E-state index in [1.807, 2.05) is 0 Å². The molecule has 0 saturated carbocycles. The predicted molar refractivity (Wildman–Crippen MR) is 34.5 cm³/mol. The van der Waals surface area contributed by atoms with Crippen LogP contribution in [0.1, 0.15) is 0 Å². The molecule has 0 aliphatic rings. The molecule has 15 heavy (non-hydrogen) atoms. The summed E-state index contributed by atoms with van der Waals surface area (Å²) in [7, 11) is -16.7. The van der Waals surface area contributed by atoms with Gasteiger partial charge in [0.1, 0.15) is 0 Å². The molecule has 4 nitrogen and oxygen atoms in total. The number of halogens is 8. The van der Waals surface area contributed by atoms with E-state index in [9.17, 15) is 34.5 Å². The van der Waals surface area contributed by atoms with Crippen LogP contribution in [0.2, 0.25) is 0 Å². The Morgan fingerprint density at radius 2 is 0.667 bits per heavy atom. The third-order valence-corrected chi connectivity index (χ3v) is 0. The quantitative estimate of drug-likeness (QED) is 0.401. The summed E-state index contributed by atoms with van der Waals surface area (Å²) in [5, 5.41) is 0. The molecule has 0 spiro atoms. The Balaban J connectivity index is -0.000000144. The molecular weight excluding hydrogens is 270 g/mol. The topological polar surface area (TPSA) is 74.6 Å². The van der Waals surface area contributed by atoms with Crippen LogP contribution < -0.4 is 0 Å². The van der Waals surface area contributed by atoms with E-state index in [-0.39, 0.29) is 0 Å². The highest BCUT2D eigenvalue weighted by Gasteiger charge is 2.21. The van der Waals surface area contributed by atoms with Gasteiger partial charge in [0.25, 0.3) is 0 Å². The first kappa shape index (κ1) is 19.9. The summed E-state index contributed by atoms with van der Waals surface area (Å²) >= 11 is 0. The summed E-state index contributed by atoms with van der Waals surface area (Å²) in [6.45, 7) is 0. The summed E-state index contributed by atoms with van der Waals surface area (Å²) in [4.78, 5) is 0. The van der Waals surface area contributed by atoms with Crippen LogP contribution in [0.4, 0.5) is 34.5 Å². The highest BCUT2D eigenvalue weighted by atomic mass is 32.3. The SMILES string of the molecule is F[B-](F)(F)F.F[B-](F)(F)F.O=S(=O)(O)O. The van der Waals surface area contributed by atoms with Gasteiger partial charge in [-0.2, -0.15) is 8.42 Å². The van der Waals surface area contributed by atoms with Crippen LogP contribution in [-0.2, 0) is 10.4 Å². The van der Waals surface area contributed by atoms with Gasteiger partial charge in [0.15, 0.2) is 0 Å². The maximum atomic E-state index is 9.75. The van der Waals surface area contributed by atoms with Gasteiger partial charge in [-0.1, -0.05) is 0 Å². The molecule has 0 saturated heterocycles. The molecule has 96 valence electrons. The van der Waals surface area contributed by atoms with Gasteiger partial charge in [-0.15, -0.1) is 0 Å². The van der Waals surface area contributed by atoms with Crippen LogP contribution in [0.25, 0.3) is 0 Å². The first-order valence-corrected chi connectivity index (χ1v) is 3.84. The van der Waals surface area contributed by atoms with Crippen molar-refractivity contribution < 1.29 is 52.0 Å². The Kier molecular flexibility index (Phi) is 9.09. The van der Waals surface area contributed by atoms with Crippen LogP contribution in [-0.4, -0.2) is 32.0 Å². The van der Waals surface area contributed by atoms with Gasteiger partial charge in [-0.05, 0) is 0 Å². The summed E-state index contributed by atoms with van der Waals surface area (Å²) in [5.74, 6) is 0. The molecule has 0 aliphatic heterocycles. The number of hydrogen-bond donors (Lipinski definition) is 2. The fourth-order valence-corrected chi connectivity index (χ4v) is 0. The Bertz CT molecular complexity index is 204. The molecule has 0 amide bonds. The van der Waals surface area contributed by atoms with Crippen molar-refractivity contribution in [2.45, 2.75) is 0 Å². The zero-order valence-corrected chi connectivity index (χ0v) is 7.11. The summed E-state index contributed by atoms with van der Waals surface area (Å²) in [6, 6.07) is 0. The molecule has 0 radical (unpaired) electrons. The first-order valence-electron chi connectivity index (χ1n) is 2.44. The second-order valence-electron chi connectivity index (χ2n) is 1.44. The fourth-order valence-electron chi connectivity index (χ4n) is 0. The lowest BCUT2D eigenvalue weighted by atomic mass is 10.3. The lowest BCUT2D eigenvalue weighted by molar-refractivity contribution is 0.366. The van der Waals surface area contributed by atoms with Crippen molar-refractivity contribution in [1.29, 1.82) is 0 Å². The third kappa shape index (κ3) is 5610. The standard InChI is InChI=1S/2BF4.H2O4S/c2*2-1(3,4)5;1-5(2,3)4/h;;(H2,1,2,3,4)/q2*-1;. The van der Waals surface area contributed by atoms with Crippen molar-refractivity contribution in [3.8, 4) is 0 Å². The average Bonchev–Trinajstić information content (AvgIpc) is 1.41. The van der Waals surface area contributed by atoms with Crippen molar-refractivity contribution in [1.82, 2.24) is 0 Å². The predicted octanol–water partition coefficient (Wildman–Crippen LogP) is 1.95. The van der Waals surface area contributed by atoms with Crippen LogP contribution in [0, 0.1) is 0 Å². The van der Waals surface area contributed by atoms with E-state index >= 15 is 0 Å². The van der Waals surface area contributed by atoms with Gasteiger partial charge in [-0.25, -0.2) is 0 Å². The first-order chi connectivity index (χ1) is 6.00.